The second kappa shape index (κ2) is 12.6. The average Bonchev–Trinajstić information content (AvgIpc) is 2.67. The van der Waals surface area contributed by atoms with E-state index in [1.165, 1.54) is 24.3 Å². The van der Waals surface area contributed by atoms with Crippen molar-refractivity contribution in [3.8, 4) is 11.1 Å². The molecular formula is C21H21I2N3O3. The molecule has 0 spiro atoms. The van der Waals surface area contributed by atoms with Crippen molar-refractivity contribution >= 4 is 12.0 Å². The monoisotopic (exact) mass is 617 g/mol. The first-order valence-electron chi connectivity index (χ1n) is 8.53. The van der Waals surface area contributed by atoms with E-state index in [0.717, 1.165) is 0 Å². The molecule has 2 aromatic heterocycles. The average molecular weight is 617 g/mol. The maximum Gasteiger partial charge on any atom is 0.327 e. The van der Waals surface area contributed by atoms with Crippen LogP contribution in [0.15, 0.2) is 84.4 Å². The molecule has 152 valence electrons. The third-order valence-electron chi connectivity index (χ3n) is 4.11. The number of rotatable bonds is 6. The summed E-state index contributed by atoms with van der Waals surface area (Å²) >= 11 is 0. The highest BCUT2D eigenvalue weighted by Gasteiger charge is 2.26. The quantitative estimate of drug-likeness (QED) is 0.0805. The topological polar surface area (TPSA) is 66.6 Å². The molecule has 0 saturated heterocycles. The molecule has 1 unspecified atom stereocenters. The smallest absolute Gasteiger partial charge is 0.327 e. The third-order valence-corrected chi connectivity index (χ3v) is 4.11. The van der Waals surface area contributed by atoms with Gasteiger partial charge in [0.05, 0.1) is 0 Å². The number of hydrogen-bond acceptors (Lipinski definition) is 4. The number of Topliss-reactive ketones (excluding diaryl/α,β-unsaturated/α-hetero) is 1. The van der Waals surface area contributed by atoms with Gasteiger partial charge in [0.15, 0.2) is 18.6 Å². The van der Waals surface area contributed by atoms with Crippen molar-refractivity contribution < 1.29 is 71.8 Å². The summed E-state index contributed by atoms with van der Waals surface area (Å²) in [6.07, 6.45) is 5.94. The summed E-state index contributed by atoms with van der Waals surface area (Å²) in [6, 6.07) is 19.4. The van der Waals surface area contributed by atoms with Crippen LogP contribution in [0.4, 0.5) is 0 Å². The molecule has 8 heteroatoms. The number of aromatic nitrogens is 2. The predicted molar refractivity (Wildman–Crippen MR) is 98.9 cm³/mol. The zero-order chi connectivity index (χ0) is 19.1. The van der Waals surface area contributed by atoms with Gasteiger partial charge in [0.25, 0.3) is 6.73 Å². The van der Waals surface area contributed by atoms with Crippen molar-refractivity contribution in [2.45, 2.75) is 19.9 Å². The van der Waals surface area contributed by atoms with Crippen LogP contribution in [-0.4, -0.2) is 17.2 Å². The van der Waals surface area contributed by atoms with Crippen molar-refractivity contribution in [2.75, 3.05) is 0 Å². The SMILES string of the molecule is CC(=O)C(OC[n+]1ccccc1C=NO)[n+]1ccccc1.[I-].[I-].c1cc2ccc1-2. The van der Waals surface area contributed by atoms with Gasteiger partial charge in [-0.15, -0.1) is 0 Å². The molecule has 2 heterocycles. The molecule has 6 nitrogen and oxygen atoms in total. The van der Waals surface area contributed by atoms with Crippen LogP contribution in [0.3, 0.4) is 0 Å². The molecule has 0 fully saturated rings. The Labute approximate surface area is 203 Å². The molecule has 0 saturated carbocycles. The zero-order valence-electron chi connectivity index (χ0n) is 15.7. The second-order valence-corrected chi connectivity index (χ2v) is 6.00. The minimum atomic E-state index is -0.696. The Morgan fingerprint density at radius 2 is 1.59 bits per heavy atom. The minimum absolute atomic E-state index is 0. The maximum atomic E-state index is 11.8. The van der Waals surface area contributed by atoms with E-state index >= 15 is 0 Å². The predicted octanol–water partition coefficient (Wildman–Crippen LogP) is -3.49. The van der Waals surface area contributed by atoms with Gasteiger partial charge >= 0.3 is 6.23 Å². The summed E-state index contributed by atoms with van der Waals surface area (Å²) in [5.41, 5.74) is 3.52. The Bertz CT molecular complexity index is 914. The van der Waals surface area contributed by atoms with E-state index in [1.807, 2.05) is 30.3 Å². The minimum Gasteiger partial charge on any atom is -1.00 e. The largest absolute Gasteiger partial charge is 1.00 e. The highest BCUT2D eigenvalue weighted by molar-refractivity contribution is 5.77. The summed E-state index contributed by atoms with van der Waals surface area (Å²) in [6.45, 7) is 1.64. The molecule has 2 aromatic rings. The number of nitrogens with zero attached hydrogens (tertiary/aromatic N) is 3. The van der Waals surface area contributed by atoms with E-state index < -0.39 is 6.23 Å². The summed E-state index contributed by atoms with van der Waals surface area (Å²) < 4.78 is 9.13. The Hall–Kier alpha value is -1.92. The lowest BCUT2D eigenvalue weighted by Gasteiger charge is -2.10. The molecule has 0 amide bonds. The van der Waals surface area contributed by atoms with Gasteiger partial charge in [-0.05, 0) is 17.2 Å². The van der Waals surface area contributed by atoms with Crippen LogP contribution < -0.4 is 57.1 Å². The van der Waals surface area contributed by atoms with Crippen LogP contribution in [0.25, 0.3) is 11.1 Å². The fourth-order valence-corrected chi connectivity index (χ4v) is 2.58. The van der Waals surface area contributed by atoms with Crippen LogP contribution in [0.1, 0.15) is 18.8 Å². The molecule has 2 aliphatic rings. The van der Waals surface area contributed by atoms with Crippen LogP contribution >= 0.6 is 0 Å². The van der Waals surface area contributed by atoms with Crippen molar-refractivity contribution in [2.24, 2.45) is 5.16 Å². The highest BCUT2D eigenvalue weighted by atomic mass is 127. The summed E-state index contributed by atoms with van der Waals surface area (Å²) in [4.78, 5) is 11.8. The molecule has 0 radical (unpaired) electrons. The van der Waals surface area contributed by atoms with Gasteiger partial charge in [-0.1, -0.05) is 35.5 Å². The second-order valence-electron chi connectivity index (χ2n) is 6.00. The van der Waals surface area contributed by atoms with Crippen LogP contribution in [-0.2, 0) is 16.3 Å². The molecule has 0 bridgehead atoms. The van der Waals surface area contributed by atoms with E-state index in [-0.39, 0.29) is 60.5 Å². The lowest BCUT2D eigenvalue weighted by Crippen LogP contribution is -3.00. The normalized spacial score (nSPS) is 11.3. The number of carbonyl (C=O) groups is 1. The molecule has 2 aliphatic carbocycles. The number of hydrogen-bond donors (Lipinski definition) is 1. The van der Waals surface area contributed by atoms with Crippen molar-refractivity contribution in [3.05, 3.63) is 84.9 Å². The van der Waals surface area contributed by atoms with Gasteiger partial charge in [0, 0.05) is 31.2 Å². The molecule has 1 N–H and O–H groups in total. The number of carbonyl (C=O) groups excluding carboxylic acids is 1. The fourth-order valence-electron chi connectivity index (χ4n) is 2.58. The number of ketones is 1. The van der Waals surface area contributed by atoms with E-state index in [9.17, 15) is 4.79 Å². The van der Waals surface area contributed by atoms with Crippen LogP contribution in [0.5, 0.6) is 0 Å². The Kier molecular flexibility index (Phi) is 10.9. The first kappa shape index (κ1) is 25.1. The van der Waals surface area contributed by atoms with E-state index in [1.54, 1.807) is 33.8 Å². The standard InChI is InChI=1S/C15H16N3O3.C6H4.2HI/c1-13(19)15(17-8-4-2-5-9-17)21-12-18-10-6-3-7-14(18)11-16-20;1-2-6-4-3-5(1)6;;/h2-11,15H,12H2,1H3;1-4H;2*1H/q+1;;;/p-1. The molecule has 0 aromatic carbocycles. The van der Waals surface area contributed by atoms with E-state index in [0.29, 0.717) is 5.69 Å². The Balaban J connectivity index is 0.000000443. The van der Waals surface area contributed by atoms with Gasteiger partial charge in [0.1, 0.15) is 6.21 Å². The number of pyridine rings is 2. The van der Waals surface area contributed by atoms with Crippen molar-refractivity contribution in [1.82, 2.24) is 0 Å². The molecule has 29 heavy (non-hydrogen) atoms. The number of ether oxygens (including phenoxy) is 1. The van der Waals surface area contributed by atoms with Crippen LogP contribution in [0.2, 0.25) is 0 Å². The first-order chi connectivity index (χ1) is 13.2. The van der Waals surface area contributed by atoms with Crippen molar-refractivity contribution in [3.63, 3.8) is 0 Å². The summed E-state index contributed by atoms with van der Waals surface area (Å²) in [7, 11) is 0. The highest BCUT2D eigenvalue weighted by Crippen LogP contribution is 2.29. The van der Waals surface area contributed by atoms with Gasteiger partial charge < -0.3 is 53.2 Å². The zero-order valence-corrected chi connectivity index (χ0v) is 20.0. The van der Waals surface area contributed by atoms with Gasteiger partial charge in [-0.25, -0.2) is 0 Å². The molecule has 0 aliphatic heterocycles. The maximum absolute atomic E-state index is 11.8. The van der Waals surface area contributed by atoms with Gasteiger partial charge in [0.2, 0.25) is 11.5 Å². The molecule has 4 rings (SSSR count). The lowest BCUT2D eigenvalue weighted by atomic mass is 9.95. The number of oxime groups is 1. The van der Waals surface area contributed by atoms with Gasteiger partial charge in [-0.2, -0.15) is 9.13 Å². The number of fused-ring (bicyclic) bond motifs is 1. The van der Waals surface area contributed by atoms with Gasteiger partial charge in [-0.3, -0.25) is 9.53 Å². The van der Waals surface area contributed by atoms with Crippen LogP contribution in [0, 0.1) is 0 Å². The molecular weight excluding hydrogens is 596 g/mol. The fraction of sp³-hybridized carbons (Fsp3) is 0.143. The Morgan fingerprint density at radius 1 is 1.00 bits per heavy atom. The number of halogens is 2. The Morgan fingerprint density at radius 3 is 2.07 bits per heavy atom. The first-order valence-corrected chi connectivity index (χ1v) is 8.53. The van der Waals surface area contributed by atoms with E-state index in [2.05, 4.69) is 29.4 Å². The number of benzene rings is 1. The van der Waals surface area contributed by atoms with E-state index in [4.69, 9.17) is 9.94 Å². The third kappa shape index (κ3) is 6.82. The van der Waals surface area contributed by atoms with Crippen molar-refractivity contribution in [1.29, 1.82) is 0 Å². The summed E-state index contributed by atoms with van der Waals surface area (Å²) in [5.74, 6) is -0.0971. The molecule has 1 atom stereocenters. The summed E-state index contributed by atoms with van der Waals surface area (Å²) in [5, 5.41) is 11.7. The lowest BCUT2D eigenvalue weighted by molar-refractivity contribution is -0.797.